The standard InChI is InChI=1S/C22H23N5O2S/c1-4-27(5-2)16-12-10-15(11-13-16)20-24-25-22(29-20)30-14-19-23-18-9-7-6-8-17(18)21(28)26(19)3/h6-13H,4-5,14H2,1-3H3. The second-order valence-electron chi connectivity index (χ2n) is 6.79. The minimum absolute atomic E-state index is 0.0595. The Morgan fingerprint density at radius 2 is 1.77 bits per heavy atom. The van der Waals surface area contributed by atoms with Crippen molar-refractivity contribution < 1.29 is 4.42 Å². The summed E-state index contributed by atoms with van der Waals surface area (Å²) < 4.78 is 7.38. The lowest BCUT2D eigenvalue weighted by Gasteiger charge is -2.20. The third-order valence-corrected chi connectivity index (χ3v) is 5.86. The van der Waals surface area contributed by atoms with E-state index in [0.29, 0.717) is 33.6 Å². The number of benzene rings is 2. The molecule has 0 fully saturated rings. The van der Waals surface area contributed by atoms with Gasteiger partial charge in [0.2, 0.25) is 5.89 Å². The Morgan fingerprint density at radius 1 is 1.03 bits per heavy atom. The molecule has 0 saturated carbocycles. The predicted molar refractivity (Wildman–Crippen MR) is 120 cm³/mol. The molecule has 154 valence electrons. The van der Waals surface area contributed by atoms with E-state index >= 15 is 0 Å². The molecule has 4 rings (SSSR count). The normalized spacial score (nSPS) is 11.2. The second-order valence-corrected chi connectivity index (χ2v) is 7.72. The van der Waals surface area contributed by atoms with Gasteiger partial charge in [0.25, 0.3) is 10.8 Å². The lowest BCUT2D eigenvalue weighted by atomic mass is 10.2. The molecule has 0 bridgehead atoms. The van der Waals surface area contributed by atoms with Gasteiger partial charge < -0.3 is 9.32 Å². The molecule has 30 heavy (non-hydrogen) atoms. The Hall–Kier alpha value is -3.13. The average Bonchev–Trinajstić information content (AvgIpc) is 3.26. The zero-order valence-electron chi connectivity index (χ0n) is 17.2. The minimum atomic E-state index is -0.0595. The van der Waals surface area contributed by atoms with Crippen LogP contribution >= 0.6 is 11.8 Å². The number of para-hydroxylation sites is 1. The number of nitrogens with zero attached hydrogens (tertiary/aromatic N) is 5. The van der Waals surface area contributed by atoms with Gasteiger partial charge in [-0.2, -0.15) is 0 Å². The van der Waals surface area contributed by atoms with Gasteiger partial charge in [0, 0.05) is 31.4 Å². The van der Waals surface area contributed by atoms with Crippen molar-refractivity contribution in [1.82, 2.24) is 19.7 Å². The van der Waals surface area contributed by atoms with Crippen molar-refractivity contribution in [2.75, 3.05) is 18.0 Å². The fraction of sp³-hybridized carbons (Fsp3) is 0.273. The van der Waals surface area contributed by atoms with Gasteiger partial charge in [-0.25, -0.2) is 4.98 Å². The van der Waals surface area contributed by atoms with Crippen molar-refractivity contribution >= 4 is 28.4 Å². The van der Waals surface area contributed by atoms with Gasteiger partial charge in [0.05, 0.1) is 16.7 Å². The molecule has 0 atom stereocenters. The van der Waals surface area contributed by atoms with Crippen LogP contribution in [0.15, 0.2) is 63.0 Å². The summed E-state index contributed by atoms with van der Waals surface area (Å²) in [7, 11) is 1.73. The zero-order valence-corrected chi connectivity index (χ0v) is 18.0. The van der Waals surface area contributed by atoms with Crippen LogP contribution in [0.5, 0.6) is 0 Å². The van der Waals surface area contributed by atoms with Crippen LogP contribution in [0.2, 0.25) is 0 Å². The number of rotatable bonds is 7. The van der Waals surface area contributed by atoms with Crippen molar-refractivity contribution in [1.29, 1.82) is 0 Å². The van der Waals surface area contributed by atoms with Crippen LogP contribution in [0.1, 0.15) is 19.7 Å². The molecule has 0 amide bonds. The van der Waals surface area contributed by atoms with Crippen LogP contribution in [-0.2, 0) is 12.8 Å². The van der Waals surface area contributed by atoms with Crippen molar-refractivity contribution in [3.8, 4) is 11.5 Å². The van der Waals surface area contributed by atoms with Gasteiger partial charge in [-0.1, -0.05) is 23.9 Å². The minimum Gasteiger partial charge on any atom is -0.411 e. The number of hydrogen-bond acceptors (Lipinski definition) is 7. The molecule has 0 aliphatic heterocycles. The summed E-state index contributed by atoms with van der Waals surface area (Å²) in [6.45, 7) is 6.20. The highest BCUT2D eigenvalue weighted by molar-refractivity contribution is 7.98. The fourth-order valence-corrected chi connectivity index (χ4v) is 4.05. The first-order valence-corrected chi connectivity index (χ1v) is 10.9. The van der Waals surface area contributed by atoms with E-state index in [1.165, 1.54) is 17.4 Å². The number of fused-ring (bicyclic) bond motifs is 1. The quantitative estimate of drug-likeness (QED) is 0.415. The SMILES string of the molecule is CCN(CC)c1ccc(-c2nnc(SCc3nc4ccccc4c(=O)n3C)o2)cc1. The maximum absolute atomic E-state index is 12.5. The first-order valence-electron chi connectivity index (χ1n) is 9.87. The van der Waals surface area contributed by atoms with E-state index in [1.54, 1.807) is 17.7 Å². The molecule has 8 heteroatoms. The van der Waals surface area contributed by atoms with Crippen LogP contribution in [0.25, 0.3) is 22.4 Å². The largest absolute Gasteiger partial charge is 0.411 e. The van der Waals surface area contributed by atoms with E-state index in [-0.39, 0.29) is 5.56 Å². The number of thioether (sulfide) groups is 1. The molecule has 2 aromatic carbocycles. The van der Waals surface area contributed by atoms with Gasteiger partial charge in [-0.3, -0.25) is 9.36 Å². The molecule has 0 radical (unpaired) electrons. The third-order valence-electron chi connectivity index (χ3n) is 5.05. The molecule has 0 N–H and O–H groups in total. The number of aromatic nitrogens is 4. The lowest BCUT2D eigenvalue weighted by molar-refractivity contribution is 0.465. The van der Waals surface area contributed by atoms with E-state index < -0.39 is 0 Å². The molecule has 4 aromatic rings. The number of anilines is 1. The second kappa shape index (κ2) is 8.71. The van der Waals surface area contributed by atoms with E-state index in [1.807, 2.05) is 30.3 Å². The molecule has 0 spiro atoms. The maximum Gasteiger partial charge on any atom is 0.277 e. The predicted octanol–water partition coefficient (Wildman–Crippen LogP) is 4.12. The average molecular weight is 422 g/mol. The molecule has 7 nitrogen and oxygen atoms in total. The van der Waals surface area contributed by atoms with E-state index in [4.69, 9.17) is 4.42 Å². The summed E-state index contributed by atoms with van der Waals surface area (Å²) in [5, 5.41) is 9.35. The van der Waals surface area contributed by atoms with E-state index in [0.717, 1.165) is 18.7 Å². The third kappa shape index (κ3) is 3.95. The van der Waals surface area contributed by atoms with Crippen LogP contribution in [0, 0.1) is 0 Å². The smallest absolute Gasteiger partial charge is 0.277 e. The molecule has 2 heterocycles. The molecule has 0 aliphatic rings. The van der Waals surface area contributed by atoms with Gasteiger partial charge >= 0.3 is 0 Å². The van der Waals surface area contributed by atoms with Crippen molar-refractivity contribution in [3.05, 3.63) is 64.7 Å². The summed E-state index contributed by atoms with van der Waals surface area (Å²) in [6, 6.07) is 15.5. The van der Waals surface area contributed by atoms with Gasteiger partial charge in [-0.15, -0.1) is 10.2 Å². The van der Waals surface area contributed by atoms with E-state index in [9.17, 15) is 4.79 Å². The Balaban J connectivity index is 1.50. The van der Waals surface area contributed by atoms with E-state index in [2.05, 4.69) is 46.1 Å². The van der Waals surface area contributed by atoms with Crippen LogP contribution in [0.3, 0.4) is 0 Å². The van der Waals surface area contributed by atoms with Crippen molar-refractivity contribution in [3.63, 3.8) is 0 Å². The first kappa shape index (κ1) is 20.2. The van der Waals surface area contributed by atoms with Crippen LogP contribution in [-0.4, -0.2) is 32.8 Å². The molecule has 0 unspecified atom stereocenters. The lowest BCUT2D eigenvalue weighted by Crippen LogP contribution is -2.21. The first-order chi connectivity index (χ1) is 14.6. The summed E-state index contributed by atoms with van der Waals surface area (Å²) in [6.07, 6.45) is 0. The molecule has 2 aromatic heterocycles. The van der Waals surface area contributed by atoms with Crippen LogP contribution < -0.4 is 10.5 Å². The molecule has 0 saturated heterocycles. The topological polar surface area (TPSA) is 77.1 Å². The van der Waals surface area contributed by atoms with Gasteiger partial charge in [-0.05, 0) is 50.2 Å². The highest BCUT2D eigenvalue weighted by atomic mass is 32.2. The fourth-order valence-electron chi connectivity index (χ4n) is 3.31. The van der Waals surface area contributed by atoms with Crippen LogP contribution in [0.4, 0.5) is 5.69 Å². The van der Waals surface area contributed by atoms with Gasteiger partial charge in [0.1, 0.15) is 5.82 Å². The highest BCUT2D eigenvalue weighted by Crippen LogP contribution is 2.27. The molecular weight excluding hydrogens is 398 g/mol. The summed E-state index contributed by atoms with van der Waals surface area (Å²) in [5.74, 6) is 1.59. The zero-order chi connectivity index (χ0) is 21.1. The van der Waals surface area contributed by atoms with Gasteiger partial charge in [0.15, 0.2) is 0 Å². The monoisotopic (exact) mass is 421 g/mol. The Labute approximate surface area is 178 Å². The summed E-state index contributed by atoms with van der Waals surface area (Å²) >= 11 is 1.37. The molecule has 0 aliphatic carbocycles. The van der Waals surface area contributed by atoms with Crippen molar-refractivity contribution in [2.24, 2.45) is 7.05 Å². The summed E-state index contributed by atoms with van der Waals surface area (Å²) in [4.78, 5) is 19.4. The Kier molecular flexibility index (Phi) is 5.85. The van der Waals surface area contributed by atoms with Crippen molar-refractivity contribution in [2.45, 2.75) is 24.8 Å². The highest BCUT2D eigenvalue weighted by Gasteiger charge is 2.13. The Morgan fingerprint density at radius 3 is 2.50 bits per heavy atom. The number of hydrogen-bond donors (Lipinski definition) is 0. The summed E-state index contributed by atoms with van der Waals surface area (Å²) in [5.41, 5.74) is 2.68. The Bertz CT molecular complexity index is 1210. The molecular formula is C22H23N5O2S. The maximum atomic E-state index is 12.5.